The third-order valence-corrected chi connectivity index (χ3v) is 1.81. The molecule has 0 fully saturated rings. The van der Waals surface area contributed by atoms with Crippen LogP contribution in [0, 0.1) is 0 Å². The number of carbonyl (C=O) groups is 1. The Morgan fingerprint density at radius 3 is 2.87 bits per heavy atom. The van der Waals surface area contributed by atoms with Crippen LogP contribution in [0.15, 0.2) is 18.2 Å². The van der Waals surface area contributed by atoms with Crippen molar-refractivity contribution >= 4 is 5.97 Å². The molecule has 0 aliphatic heterocycles. The maximum absolute atomic E-state index is 11.4. The van der Waals surface area contributed by atoms with Crippen molar-refractivity contribution in [3.8, 4) is 5.75 Å². The number of esters is 1. The number of aromatic hydroxyl groups is 1. The Morgan fingerprint density at radius 1 is 1.53 bits per heavy atom. The summed E-state index contributed by atoms with van der Waals surface area (Å²) < 4.78 is 4.77. The molecule has 0 amide bonds. The lowest BCUT2D eigenvalue weighted by Crippen LogP contribution is -2.06. The Balaban J connectivity index is 2.94. The summed E-state index contributed by atoms with van der Waals surface area (Å²) in [6.45, 7) is 2.13. The van der Waals surface area contributed by atoms with Gasteiger partial charge in [-0.1, -0.05) is 6.07 Å². The molecule has 1 aromatic carbocycles. The number of hydrogen-bond donors (Lipinski definition) is 2. The van der Waals surface area contributed by atoms with E-state index in [0.29, 0.717) is 5.56 Å². The fraction of sp³-hybridized carbons (Fsp3) is 0.300. The second-order valence-electron chi connectivity index (χ2n) is 2.88. The summed E-state index contributed by atoms with van der Waals surface area (Å²) in [6.07, 6.45) is 0. The molecule has 0 bridgehead atoms. The first kappa shape index (κ1) is 11.5. The number of benzene rings is 1. The van der Waals surface area contributed by atoms with Gasteiger partial charge >= 0.3 is 5.97 Å². The highest BCUT2D eigenvalue weighted by Crippen LogP contribution is 2.19. The minimum atomic E-state index is -0.561. The van der Waals surface area contributed by atoms with E-state index in [9.17, 15) is 9.90 Å². The first-order valence-corrected chi connectivity index (χ1v) is 4.49. The van der Waals surface area contributed by atoms with Crippen LogP contribution in [0.5, 0.6) is 5.75 Å². The van der Waals surface area contributed by atoms with E-state index in [0.717, 1.165) is 0 Å². The van der Waals surface area contributed by atoms with Crippen molar-refractivity contribution in [3.05, 3.63) is 29.3 Å². The van der Waals surface area contributed by atoms with E-state index in [1.807, 2.05) is 0 Å². The highest BCUT2D eigenvalue weighted by molar-refractivity contribution is 5.92. The molecule has 0 aromatic heterocycles. The van der Waals surface area contributed by atoms with Gasteiger partial charge in [-0.05, 0) is 24.6 Å². The Bertz CT molecular complexity index is 351. The zero-order valence-corrected chi connectivity index (χ0v) is 8.40. The molecular formula is C10H13NO4. The summed E-state index contributed by atoms with van der Waals surface area (Å²) in [5, 5.41) is 9.43. The lowest BCUT2D eigenvalue weighted by Gasteiger charge is -2.06. The predicted octanol–water partition coefficient (Wildman–Crippen LogP) is 0.959. The van der Waals surface area contributed by atoms with Crippen LogP contribution in [-0.4, -0.2) is 17.7 Å². The number of carbonyl (C=O) groups excluding carboxylic acids is 1. The van der Waals surface area contributed by atoms with Crippen LogP contribution in [0.3, 0.4) is 0 Å². The lowest BCUT2D eigenvalue weighted by molar-refractivity contribution is 0.0522. The predicted molar refractivity (Wildman–Crippen MR) is 53.0 cm³/mol. The van der Waals surface area contributed by atoms with Crippen LogP contribution in [-0.2, 0) is 16.2 Å². The Hall–Kier alpha value is -1.59. The van der Waals surface area contributed by atoms with E-state index in [1.165, 1.54) is 12.1 Å². The quantitative estimate of drug-likeness (QED) is 0.572. The minimum Gasteiger partial charge on any atom is -0.507 e. The van der Waals surface area contributed by atoms with E-state index in [1.54, 1.807) is 13.0 Å². The van der Waals surface area contributed by atoms with E-state index in [4.69, 9.17) is 10.6 Å². The highest BCUT2D eigenvalue weighted by Gasteiger charge is 2.12. The van der Waals surface area contributed by atoms with E-state index >= 15 is 0 Å². The SMILES string of the molecule is CCOC(=O)c1cc(CON)ccc1O. The molecule has 5 nitrogen and oxygen atoms in total. The molecule has 0 heterocycles. The Morgan fingerprint density at radius 2 is 2.27 bits per heavy atom. The molecule has 3 N–H and O–H groups in total. The molecule has 1 rings (SSSR count). The number of ether oxygens (including phenoxy) is 1. The normalized spacial score (nSPS) is 10.0. The van der Waals surface area contributed by atoms with Gasteiger partial charge in [-0.25, -0.2) is 10.7 Å². The molecule has 0 saturated carbocycles. The monoisotopic (exact) mass is 211 g/mol. The third-order valence-electron chi connectivity index (χ3n) is 1.81. The highest BCUT2D eigenvalue weighted by atomic mass is 16.6. The Labute approximate surface area is 87.4 Å². The number of phenolic OH excluding ortho intramolecular Hbond substituents is 1. The molecule has 0 radical (unpaired) electrons. The fourth-order valence-electron chi connectivity index (χ4n) is 1.14. The summed E-state index contributed by atoms with van der Waals surface area (Å²) >= 11 is 0. The van der Waals surface area contributed by atoms with Crippen LogP contribution in [0.1, 0.15) is 22.8 Å². The van der Waals surface area contributed by atoms with Gasteiger partial charge in [0.1, 0.15) is 11.3 Å². The van der Waals surface area contributed by atoms with Gasteiger partial charge in [-0.2, -0.15) is 0 Å². The van der Waals surface area contributed by atoms with Crippen molar-refractivity contribution in [2.45, 2.75) is 13.5 Å². The lowest BCUT2D eigenvalue weighted by atomic mass is 10.1. The van der Waals surface area contributed by atoms with Crippen LogP contribution in [0.25, 0.3) is 0 Å². The molecule has 0 saturated heterocycles. The molecule has 0 atom stereocenters. The van der Waals surface area contributed by atoms with Crippen molar-refractivity contribution < 1.29 is 19.5 Å². The van der Waals surface area contributed by atoms with Gasteiger partial charge in [-0.3, -0.25) is 4.84 Å². The van der Waals surface area contributed by atoms with Gasteiger partial charge in [0.25, 0.3) is 0 Å². The first-order chi connectivity index (χ1) is 7.19. The van der Waals surface area contributed by atoms with Gasteiger partial charge in [-0.15, -0.1) is 0 Å². The average Bonchev–Trinajstić information content (AvgIpc) is 2.21. The molecule has 0 spiro atoms. The second-order valence-corrected chi connectivity index (χ2v) is 2.88. The van der Waals surface area contributed by atoms with E-state index in [2.05, 4.69) is 4.84 Å². The van der Waals surface area contributed by atoms with Gasteiger partial charge in [0, 0.05) is 0 Å². The van der Waals surface area contributed by atoms with Crippen molar-refractivity contribution in [3.63, 3.8) is 0 Å². The van der Waals surface area contributed by atoms with Crippen LogP contribution in [0.4, 0.5) is 0 Å². The molecule has 0 aliphatic rings. The Kier molecular flexibility index (Phi) is 4.08. The van der Waals surface area contributed by atoms with Gasteiger partial charge < -0.3 is 9.84 Å². The summed E-state index contributed by atoms with van der Waals surface area (Å²) in [4.78, 5) is 15.8. The second kappa shape index (κ2) is 5.33. The number of hydrogen-bond acceptors (Lipinski definition) is 5. The molecule has 15 heavy (non-hydrogen) atoms. The van der Waals surface area contributed by atoms with Gasteiger partial charge in [0.15, 0.2) is 0 Å². The van der Waals surface area contributed by atoms with Gasteiger partial charge in [0.05, 0.1) is 13.2 Å². The maximum atomic E-state index is 11.4. The molecule has 1 aromatic rings. The van der Waals surface area contributed by atoms with Crippen molar-refractivity contribution in [1.29, 1.82) is 0 Å². The van der Waals surface area contributed by atoms with E-state index in [-0.39, 0.29) is 24.5 Å². The average molecular weight is 211 g/mol. The molecule has 0 unspecified atom stereocenters. The molecule has 82 valence electrons. The van der Waals surface area contributed by atoms with Crippen LogP contribution >= 0.6 is 0 Å². The minimum absolute atomic E-state index is 0.116. The number of phenols is 1. The number of rotatable bonds is 4. The largest absolute Gasteiger partial charge is 0.507 e. The standard InChI is InChI=1S/C10H13NO4/c1-2-14-10(13)8-5-7(6-15-11)3-4-9(8)12/h3-5,12H,2,6,11H2,1H3. The topological polar surface area (TPSA) is 81.8 Å². The first-order valence-electron chi connectivity index (χ1n) is 4.49. The summed E-state index contributed by atoms with van der Waals surface area (Å²) in [6, 6.07) is 4.51. The fourth-order valence-corrected chi connectivity index (χ4v) is 1.14. The zero-order valence-electron chi connectivity index (χ0n) is 8.40. The van der Waals surface area contributed by atoms with Crippen LogP contribution < -0.4 is 5.90 Å². The van der Waals surface area contributed by atoms with Gasteiger partial charge in [0.2, 0.25) is 0 Å². The summed E-state index contributed by atoms with van der Waals surface area (Å²) in [5.74, 6) is 4.23. The molecule has 0 aliphatic carbocycles. The maximum Gasteiger partial charge on any atom is 0.341 e. The van der Waals surface area contributed by atoms with Crippen molar-refractivity contribution in [2.75, 3.05) is 6.61 Å². The smallest absolute Gasteiger partial charge is 0.341 e. The molecular weight excluding hydrogens is 198 g/mol. The van der Waals surface area contributed by atoms with Crippen LogP contribution in [0.2, 0.25) is 0 Å². The zero-order chi connectivity index (χ0) is 11.3. The number of nitrogens with two attached hydrogens (primary N) is 1. The summed E-state index contributed by atoms with van der Waals surface area (Å²) in [5.41, 5.74) is 0.810. The third kappa shape index (κ3) is 2.93. The van der Waals surface area contributed by atoms with Crippen molar-refractivity contribution in [1.82, 2.24) is 0 Å². The van der Waals surface area contributed by atoms with Crippen molar-refractivity contribution in [2.24, 2.45) is 5.90 Å². The van der Waals surface area contributed by atoms with E-state index < -0.39 is 5.97 Å². The summed E-state index contributed by atoms with van der Waals surface area (Å²) in [7, 11) is 0. The molecule has 5 heteroatoms.